The Morgan fingerprint density at radius 3 is 2.42 bits per heavy atom. The van der Waals surface area contributed by atoms with Crippen molar-refractivity contribution in [2.24, 2.45) is 5.41 Å². The van der Waals surface area contributed by atoms with Crippen molar-refractivity contribution in [3.8, 4) is 17.0 Å². The number of fused-ring (bicyclic) bond motifs is 5. The second-order valence-corrected chi connectivity index (χ2v) is 13.3. The number of rotatable bonds is 6. The van der Waals surface area contributed by atoms with Gasteiger partial charge in [-0.25, -0.2) is 4.72 Å². The van der Waals surface area contributed by atoms with Crippen LogP contribution in [-0.2, 0) is 32.7 Å². The molecule has 1 fully saturated rings. The van der Waals surface area contributed by atoms with Gasteiger partial charge in [-0.15, -0.1) is 0 Å². The number of nitrogens with zero attached hydrogens (tertiary/aromatic N) is 2. The molecule has 0 saturated heterocycles. The van der Waals surface area contributed by atoms with Crippen LogP contribution in [0.25, 0.3) is 22.2 Å². The number of methoxy groups -OCH3 is 2. The van der Waals surface area contributed by atoms with Crippen molar-refractivity contribution in [2.75, 3.05) is 28.3 Å². The molecule has 0 bridgehead atoms. The highest BCUT2D eigenvalue weighted by molar-refractivity contribution is 7.87. The van der Waals surface area contributed by atoms with Crippen molar-refractivity contribution in [2.45, 2.75) is 57.9 Å². The zero-order valence-corrected chi connectivity index (χ0v) is 24.6. The van der Waals surface area contributed by atoms with Crippen LogP contribution in [0, 0.1) is 5.41 Å². The van der Waals surface area contributed by atoms with E-state index in [2.05, 4.69) is 15.4 Å². The van der Waals surface area contributed by atoms with Crippen molar-refractivity contribution in [3.05, 3.63) is 53.1 Å². The molecular weight excluding hydrogens is 530 g/mol. The summed E-state index contributed by atoms with van der Waals surface area (Å²) in [6.07, 6.45) is 6.10. The number of carbonyl (C=O) groups is 2. The second kappa shape index (κ2) is 10.6. The van der Waals surface area contributed by atoms with E-state index in [1.807, 2.05) is 25.1 Å². The van der Waals surface area contributed by atoms with E-state index >= 15 is 0 Å². The molecule has 1 N–H and O–H groups in total. The molecule has 9 nitrogen and oxygen atoms in total. The highest BCUT2D eigenvalue weighted by atomic mass is 32.2. The molecule has 1 aliphatic heterocycles. The Morgan fingerprint density at radius 2 is 1.77 bits per heavy atom. The fourth-order valence-electron chi connectivity index (χ4n) is 6.33. The van der Waals surface area contributed by atoms with E-state index in [1.54, 1.807) is 19.2 Å². The molecule has 1 unspecified atom stereocenters. The van der Waals surface area contributed by atoms with Gasteiger partial charge < -0.3 is 14.0 Å². The predicted molar refractivity (Wildman–Crippen MR) is 154 cm³/mol. The lowest BCUT2D eigenvalue weighted by atomic mass is 9.80. The van der Waals surface area contributed by atoms with E-state index in [-0.39, 0.29) is 11.5 Å². The maximum atomic E-state index is 13.3. The quantitative estimate of drug-likeness (QED) is 0.435. The monoisotopic (exact) mass is 567 g/mol. The minimum atomic E-state index is -3.96. The highest BCUT2D eigenvalue weighted by Crippen LogP contribution is 2.49. The molecule has 10 heteroatoms. The molecule has 40 heavy (non-hydrogen) atoms. The highest BCUT2D eigenvalue weighted by Gasteiger charge is 2.41. The fraction of sp³-hybridized carbons (Fsp3) is 0.467. The fourth-order valence-corrected chi connectivity index (χ4v) is 6.86. The topological polar surface area (TPSA) is 107 Å². The normalized spacial score (nSPS) is 19.6. The molecule has 1 atom stereocenters. The van der Waals surface area contributed by atoms with Crippen LogP contribution in [-0.4, -0.2) is 57.5 Å². The Hall–Kier alpha value is -3.37. The van der Waals surface area contributed by atoms with Crippen molar-refractivity contribution in [1.29, 1.82) is 0 Å². The van der Waals surface area contributed by atoms with Gasteiger partial charge in [-0.3, -0.25) is 9.59 Å². The Balaban J connectivity index is 1.79. The number of benzene rings is 2. The molecule has 1 aromatic heterocycles. The van der Waals surface area contributed by atoms with Crippen LogP contribution in [0.3, 0.4) is 0 Å². The molecular formula is C30H37N3O6S. The average molecular weight is 568 g/mol. The van der Waals surface area contributed by atoms with Gasteiger partial charge in [0.1, 0.15) is 5.75 Å². The third-order valence-electron chi connectivity index (χ3n) is 8.42. The molecule has 0 spiro atoms. The Kier molecular flexibility index (Phi) is 7.43. The first-order chi connectivity index (χ1) is 19.0. The average Bonchev–Trinajstić information content (AvgIpc) is 3.17. The first-order valence-corrected chi connectivity index (χ1v) is 15.1. The van der Waals surface area contributed by atoms with Gasteiger partial charge in [-0.2, -0.15) is 12.7 Å². The van der Waals surface area contributed by atoms with Gasteiger partial charge in [0.25, 0.3) is 5.91 Å². The number of nitrogens with one attached hydrogen (secondary N) is 1. The molecule has 5 rings (SSSR count). The van der Waals surface area contributed by atoms with Crippen LogP contribution in [0.5, 0.6) is 5.75 Å². The molecule has 3 aromatic rings. The summed E-state index contributed by atoms with van der Waals surface area (Å²) in [6, 6.07) is 11.4. The van der Waals surface area contributed by atoms with Crippen molar-refractivity contribution >= 4 is 33.0 Å². The number of aromatic nitrogens is 1. The zero-order chi connectivity index (χ0) is 28.8. The maximum absolute atomic E-state index is 13.3. The summed E-state index contributed by atoms with van der Waals surface area (Å²) in [4.78, 5) is 26.3. The maximum Gasteiger partial charge on any atom is 0.313 e. The number of ether oxygens (including phenoxy) is 2. The second-order valence-electron chi connectivity index (χ2n) is 11.4. The summed E-state index contributed by atoms with van der Waals surface area (Å²) in [5.41, 5.74) is 4.45. The van der Waals surface area contributed by atoms with Crippen molar-refractivity contribution in [3.63, 3.8) is 0 Å². The SMILES string of the molecule is COC(=O)C1(C)Cc2cc(OC)ccc2-c2c(C3CCCCC3)c3ccc(C(=O)NS(=O)(=O)N(C)C)cc3n2C1. The van der Waals surface area contributed by atoms with Gasteiger partial charge in [0.15, 0.2) is 0 Å². The van der Waals surface area contributed by atoms with E-state index < -0.39 is 21.5 Å². The van der Waals surface area contributed by atoms with Crippen LogP contribution >= 0.6 is 0 Å². The zero-order valence-electron chi connectivity index (χ0n) is 23.7. The molecule has 2 aromatic carbocycles. The van der Waals surface area contributed by atoms with Crippen molar-refractivity contribution in [1.82, 2.24) is 13.6 Å². The van der Waals surface area contributed by atoms with E-state index in [1.165, 1.54) is 33.2 Å². The van der Waals surface area contributed by atoms with Crippen LogP contribution < -0.4 is 9.46 Å². The summed E-state index contributed by atoms with van der Waals surface area (Å²) < 4.78 is 40.8. The minimum absolute atomic E-state index is 0.229. The van der Waals surface area contributed by atoms with Crippen molar-refractivity contribution < 1.29 is 27.5 Å². The predicted octanol–water partition coefficient (Wildman–Crippen LogP) is 4.64. The third-order valence-corrected chi connectivity index (χ3v) is 9.82. The van der Waals surface area contributed by atoms with Gasteiger partial charge in [0, 0.05) is 42.7 Å². The van der Waals surface area contributed by atoms with Gasteiger partial charge in [-0.1, -0.05) is 25.3 Å². The number of esters is 1. The van der Waals surface area contributed by atoms with E-state index in [4.69, 9.17) is 9.47 Å². The smallest absolute Gasteiger partial charge is 0.313 e. The van der Waals surface area contributed by atoms with E-state index in [0.29, 0.717) is 18.9 Å². The molecule has 1 amide bonds. The molecule has 1 aliphatic carbocycles. The first-order valence-electron chi connectivity index (χ1n) is 13.7. The lowest BCUT2D eigenvalue weighted by Gasteiger charge is -2.26. The summed E-state index contributed by atoms with van der Waals surface area (Å²) in [7, 11) is 1.80. The molecule has 0 radical (unpaired) electrons. The lowest BCUT2D eigenvalue weighted by Crippen LogP contribution is -2.39. The van der Waals surface area contributed by atoms with Gasteiger partial charge >= 0.3 is 16.2 Å². The van der Waals surface area contributed by atoms with Gasteiger partial charge in [-0.05, 0) is 73.6 Å². The third kappa shape index (κ3) is 4.88. The van der Waals surface area contributed by atoms with Gasteiger partial charge in [0.2, 0.25) is 0 Å². The standard InChI is InChI=1S/C30H37N3O6S/c1-30(29(35)39-5)17-21-15-22(38-4)12-14-23(21)27-26(19-9-7-6-8-10-19)24-13-11-20(16-25(24)33(27)18-30)28(34)31-40(36,37)32(2)3/h11-16,19H,6-10,17-18H2,1-5H3,(H,31,34). The van der Waals surface area contributed by atoms with E-state index in [0.717, 1.165) is 63.5 Å². The van der Waals surface area contributed by atoms with Crippen LogP contribution in [0.15, 0.2) is 36.4 Å². The van der Waals surface area contributed by atoms with Crippen LogP contribution in [0.4, 0.5) is 0 Å². The number of hydrogen-bond acceptors (Lipinski definition) is 6. The summed E-state index contributed by atoms with van der Waals surface area (Å²) in [6.45, 7) is 2.25. The van der Waals surface area contributed by atoms with Gasteiger partial charge in [0.05, 0.1) is 25.3 Å². The molecule has 2 aliphatic rings. The van der Waals surface area contributed by atoms with E-state index in [9.17, 15) is 18.0 Å². The molecule has 214 valence electrons. The number of carbonyl (C=O) groups excluding carboxylic acids is 2. The molecule has 1 saturated carbocycles. The first kappa shape index (κ1) is 28.2. The Labute approximate surface area is 235 Å². The largest absolute Gasteiger partial charge is 0.497 e. The number of amides is 1. The number of hydrogen-bond donors (Lipinski definition) is 1. The van der Waals surface area contributed by atoms with Crippen LogP contribution in [0.1, 0.15) is 66.4 Å². The molecule has 2 heterocycles. The summed E-state index contributed by atoms with van der Waals surface area (Å²) in [5.74, 6) is 0.0237. The lowest BCUT2D eigenvalue weighted by molar-refractivity contribution is -0.152. The minimum Gasteiger partial charge on any atom is -0.497 e. The van der Waals surface area contributed by atoms with Crippen LogP contribution in [0.2, 0.25) is 0 Å². The Morgan fingerprint density at radius 1 is 1.05 bits per heavy atom. The summed E-state index contributed by atoms with van der Waals surface area (Å²) in [5, 5.41) is 1.02. The Bertz CT molecular complexity index is 1590. The summed E-state index contributed by atoms with van der Waals surface area (Å²) >= 11 is 0.